The molecular weight excluding hydrogens is 288 g/mol. The summed E-state index contributed by atoms with van der Waals surface area (Å²) in [6.45, 7) is 8.69. The smallest absolute Gasteiger partial charge is 0.182 e. The minimum Gasteiger partial charge on any atom is -0.399 e. The molecule has 0 radical (unpaired) electrons. The Morgan fingerprint density at radius 2 is 1.81 bits per heavy atom. The first kappa shape index (κ1) is 16.1. The topological polar surface area (TPSA) is 72.6 Å². The molecule has 2 unspecified atom stereocenters. The Morgan fingerprint density at radius 1 is 1.24 bits per heavy atom. The predicted molar refractivity (Wildman–Crippen MR) is 85.4 cm³/mol. The van der Waals surface area contributed by atoms with Gasteiger partial charge in [0.1, 0.15) is 0 Å². The standard InChI is InChI=1S/C15H24N2O3S/c1-10(2)21(18,19)15-6-5-13(16)7-14(15)17-8-11(3)20-12(4)9-17/h5-7,10-12H,8-9,16H2,1-4H3. The van der Waals surface area contributed by atoms with Crippen LogP contribution in [0.5, 0.6) is 0 Å². The fourth-order valence-corrected chi connectivity index (χ4v) is 3.90. The van der Waals surface area contributed by atoms with Gasteiger partial charge < -0.3 is 15.4 Å². The molecule has 6 heteroatoms. The average Bonchev–Trinajstić information content (AvgIpc) is 2.36. The van der Waals surface area contributed by atoms with E-state index in [-0.39, 0.29) is 12.2 Å². The maximum absolute atomic E-state index is 12.6. The summed E-state index contributed by atoms with van der Waals surface area (Å²) in [5.41, 5.74) is 7.12. The largest absolute Gasteiger partial charge is 0.399 e. The molecule has 0 saturated carbocycles. The number of benzene rings is 1. The molecule has 0 aliphatic carbocycles. The van der Waals surface area contributed by atoms with Crippen molar-refractivity contribution in [2.45, 2.75) is 50.0 Å². The van der Waals surface area contributed by atoms with Crippen LogP contribution in [0.1, 0.15) is 27.7 Å². The van der Waals surface area contributed by atoms with E-state index < -0.39 is 15.1 Å². The fraction of sp³-hybridized carbons (Fsp3) is 0.600. The number of morpholine rings is 1. The fourth-order valence-electron chi connectivity index (χ4n) is 2.65. The zero-order chi connectivity index (χ0) is 15.8. The Labute approximate surface area is 127 Å². The van der Waals surface area contributed by atoms with Crippen molar-refractivity contribution >= 4 is 21.2 Å². The maximum Gasteiger partial charge on any atom is 0.182 e. The van der Waals surface area contributed by atoms with Gasteiger partial charge in [-0.1, -0.05) is 0 Å². The van der Waals surface area contributed by atoms with Crippen molar-refractivity contribution < 1.29 is 13.2 Å². The van der Waals surface area contributed by atoms with Crippen LogP contribution >= 0.6 is 0 Å². The lowest BCUT2D eigenvalue weighted by Gasteiger charge is -2.37. The molecule has 1 aromatic carbocycles. The van der Waals surface area contributed by atoms with Crippen LogP contribution < -0.4 is 10.6 Å². The van der Waals surface area contributed by atoms with Crippen molar-refractivity contribution in [2.24, 2.45) is 0 Å². The molecular formula is C15H24N2O3S. The summed E-state index contributed by atoms with van der Waals surface area (Å²) in [5.74, 6) is 0. The van der Waals surface area contributed by atoms with E-state index in [1.807, 2.05) is 13.8 Å². The van der Waals surface area contributed by atoms with Gasteiger partial charge in [0, 0.05) is 18.8 Å². The first-order valence-electron chi connectivity index (χ1n) is 7.25. The normalized spacial score (nSPS) is 23.6. The molecule has 2 N–H and O–H groups in total. The Balaban J connectivity index is 2.50. The molecule has 1 aliphatic heterocycles. The van der Waals surface area contributed by atoms with Crippen molar-refractivity contribution in [1.82, 2.24) is 0 Å². The van der Waals surface area contributed by atoms with Crippen LogP contribution in [0, 0.1) is 0 Å². The van der Waals surface area contributed by atoms with Gasteiger partial charge in [0.25, 0.3) is 0 Å². The van der Waals surface area contributed by atoms with E-state index in [0.717, 1.165) is 0 Å². The Kier molecular flexibility index (Phi) is 4.49. The highest BCUT2D eigenvalue weighted by Crippen LogP contribution is 2.32. The molecule has 2 atom stereocenters. The first-order valence-corrected chi connectivity index (χ1v) is 8.80. The Hall–Kier alpha value is -1.27. The van der Waals surface area contributed by atoms with Gasteiger partial charge in [-0.25, -0.2) is 8.42 Å². The third-order valence-corrected chi connectivity index (χ3v) is 5.87. The van der Waals surface area contributed by atoms with Crippen LogP contribution in [0.4, 0.5) is 11.4 Å². The average molecular weight is 312 g/mol. The highest BCUT2D eigenvalue weighted by molar-refractivity contribution is 7.92. The number of rotatable bonds is 3. The lowest BCUT2D eigenvalue weighted by molar-refractivity contribution is -0.00537. The van der Waals surface area contributed by atoms with Crippen LogP contribution in [0.15, 0.2) is 23.1 Å². The van der Waals surface area contributed by atoms with E-state index >= 15 is 0 Å². The van der Waals surface area contributed by atoms with E-state index in [2.05, 4.69) is 4.90 Å². The summed E-state index contributed by atoms with van der Waals surface area (Å²) in [4.78, 5) is 2.41. The number of anilines is 2. The second kappa shape index (κ2) is 5.85. The van der Waals surface area contributed by atoms with Crippen molar-refractivity contribution in [3.05, 3.63) is 18.2 Å². The molecule has 1 aliphatic rings. The molecule has 5 nitrogen and oxygen atoms in total. The van der Waals surface area contributed by atoms with E-state index in [1.165, 1.54) is 0 Å². The van der Waals surface area contributed by atoms with Crippen LogP contribution in [0.3, 0.4) is 0 Å². The number of hydrogen-bond donors (Lipinski definition) is 1. The third-order valence-electron chi connectivity index (χ3n) is 3.67. The minimum atomic E-state index is -3.35. The highest BCUT2D eigenvalue weighted by Gasteiger charge is 2.29. The zero-order valence-electron chi connectivity index (χ0n) is 13.0. The molecule has 1 saturated heterocycles. The van der Waals surface area contributed by atoms with Crippen molar-refractivity contribution in [2.75, 3.05) is 23.7 Å². The van der Waals surface area contributed by atoms with E-state index in [9.17, 15) is 8.42 Å². The summed E-state index contributed by atoms with van der Waals surface area (Å²) in [5, 5.41) is -0.462. The Bertz CT molecular complexity index is 603. The van der Waals surface area contributed by atoms with Gasteiger partial charge in [0.05, 0.1) is 28.0 Å². The minimum absolute atomic E-state index is 0.0600. The van der Waals surface area contributed by atoms with Gasteiger partial charge in [0.2, 0.25) is 0 Å². The van der Waals surface area contributed by atoms with E-state index in [0.29, 0.717) is 29.4 Å². The van der Waals surface area contributed by atoms with Gasteiger partial charge >= 0.3 is 0 Å². The SMILES string of the molecule is CC1CN(c2cc(N)ccc2S(=O)(=O)C(C)C)CC(C)O1. The quantitative estimate of drug-likeness (QED) is 0.865. The lowest BCUT2D eigenvalue weighted by atomic mass is 10.2. The maximum atomic E-state index is 12.6. The van der Waals surface area contributed by atoms with Gasteiger partial charge in [-0.15, -0.1) is 0 Å². The van der Waals surface area contributed by atoms with Gasteiger partial charge in [-0.05, 0) is 45.9 Å². The monoisotopic (exact) mass is 312 g/mol. The van der Waals surface area contributed by atoms with E-state index in [4.69, 9.17) is 10.5 Å². The second-order valence-corrected chi connectivity index (χ2v) is 8.46. The number of ether oxygens (including phenoxy) is 1. The molecule has 0 aromatic heterocycles. The van der Waals surface area contributed by atoms with Gasteiger partial charge in [-0.2, -0.15) is 0 Å². The van der Waals surface area contributed by atoms with Crippen LogP contribution in [-0.4, -0.2) is 39.0 Å². The third kappa shape index (κ3) is 3.32. The molecule has 1 heterocycles. The molecule has 2 rings (SSSR count). The predicted octanol–water partition coefficient (Wildman–Crippen LogP) is 2.06. The molecule has 0 spiro atoms. The van der Waals surface area contributed by atoms with Crippen molar-refractivity contribution in [3.63, 3.8) is 0 Å². The summed E-state index contributed by atoms with van der Waals surface area (Å²) in [6.07, 6.45) is 0.120. The highest BCUT2D eigenvalue weighted by atomic mass is 32.2. The Morgan fingerprint density at radius 3 is 2.33 bits per heavy atom. The van der Waals surface area contributed by atoms with Crippen molar-refractivity contribution in [1.29, 1.82) is 0 Å². The van der Waals surface area contributed by atoms with E-state index in [1.54, 1.807) is 32.0 Å². The summed E-state index contributed by atoms with van der Waals surface area (Å²) >= 11 is 0. The summed E-state index contributed by atoms with van der Waals surface area (Å²) in [7, 11) is -3.35. The number of nitrogens with two attached hydrogens (primary N) is 1. The number of hydrogen-bond acceptors (Lipinski definition) is 5. The first-order chi connectivity index (χ1) is 9.71. The van der Waals surface area contributed by atoms with Gasteiger partial charge in [-0.3, -0.25) is 0 Å². The molecule has 1 fully saturated rings. The van der Waals surface area contributed by atoms with Crippen molar-refractivity contribution in [3.8, 4) is 0 Å². The van der Waals surface area contributed by atoms with Crippen LogP contribution in [0.2, 0.25) is 0 Å². The molecule has 21 heavy (non-hydrogen) atoms. The zero-order valence-corrected chi connectivity index (χ0v) is 13.9. The van der Waals surface area contributed by atoms with Crippen LogP contribution in [0.25, 0.3) is 0 Å². The molecule has 1 aromatic rings. The second-order valence-electron chi connectivity index (χ2n) is 5.98. The number of nitrogen functional groups attached to an aromatic ring is 1. The van der Waals surface area contributed by atoms with Crippen LogP contribution in [-0.2, 0) is 14.6 Å². The summed E-state index contributed by atoms with van der Waals surface area (Å²) < 4.78 is 30.9. The summed E-state index contributed by atoms with van der Waals surface area (Å²) in [6, 6.07) is 5.01. The lowest BCUT2D eigenvalue weighted by Crippen LogP contribution is -2.46. The number of sulfone groups is 1. The molecule has 0 bridgehead atoms. The molecule has 0 amide bonds. The number of nitrogens with zero attached hydrogens (tertiary/aromatic N) is 1. The van der Waals surface area contributed by atoms with Gasteiger partial charge in [0.15, 0.2) is 9.84 Å². The molecule has 118 valence electrons.